The number of esters is 1. The van der Waals surface area contributed by atoms with Crippen LogP contribution in [0, 0.1) is 0 Å². The summed E-state index contributed by atoms with van der Waals surface area (Å²) in [6, 6.07) is 0. The third-order valence-electron chi connectivity index (χ3n) is 1.47. The molecule has 0 radical (unpaired) electrons. The predicted molar refractivity (Wildman–Crippen MR) is 53.5 cm³/mol. The molecule has 80 valence electrons. The van der Waals surface area contributed by atoms with E-state index in [0.717, 1.165) is 25.7 Å². The van der Waals surface area contributed by atoms with Crippen LogP contribution in [0.3, 0.4) is 0 Å². The zero-order chi connectivity index (χ0) is 10.5. The van der Waals surface area contributed by atoms with Crippen molar-refractivity contribution in [3.63, 3.8) is 0 Å². The number of methoxy groups -OCH3 is 1. The van der Waals surface area contributed by atoms with Crippen LogP contribution in [0.2, 0.25) is 0 Å². The van der Waals surface area contributed by atoms with Gasteiger partial charge in [0, 0.05) is 13.0 Å². The number of aliphatic hydroxyl groups is 1. The maximum atomic E-state index is 10.3. The predicted octanol–water partition coefficient (Wildman–Crippen LogP) is 2.13. The summed E-state index contributed by atoms with van der Waals surface area (Å²) in [4.78, 5) is 10.3. The summed E-state index contributed by atoms with van der Waals surface area (Å²) in [5, 5.41) is 8.07. The molecule has 0 fully saturated rings. The molecule has 0 aliphatic carbocycles. The highest BCUT2D eigenvalue weighted by Crippen LogP contribution is 1.94. The number of aliphatic hydroxyl groups excluding tert-OH is 1. The number of unbranched alkanes of at least 4 members (excludes halogenated alkanes) is 2. The molecule has 3 heteroatoms. The molecule has 0 aliphatic heterocycles. The minimum Gasteiger partial charge on any atom is -0.469 e. The van der Waals surface area contributed by atoms with Gasteiger partial charge in [-0.1, -0.05) is 26.7 Å². The molecule has 0 aliphatic rings. The van der Waals surface area contributed by atoms with E-state index in [0.29, 0.717) is 13.0 Å². The number of carbonyl (C=O) groups excluding carboxylic acids is 1. The number of hydrogen-bond acceptors (Lipinski definition) is 3. The third-order valence-corrected chi connectivity index (χ3v) is 1.47. The Bertz CT molecular complexity index is 100. The Morgan fingerprint density at radius 3 is 2.00 bits per heavy atom. The fourth-order valence-electron chi connectivity index (χ4n) is 0.581. The van der Waals surface area contributed by atoms with E-state index in [2.05, 4.69) is 11.7 Å². The summed E-state index contributed by atoms with van der Waals surface area (Å²) in [7, 11) is 1.41. The van der Waals surface area contributed by atoms with Crippen LogP contribution in [-0.2, 0) is 9.53 Å². The maximum absolute atomic E-state index is 10.3. The Labute approximate surface area is 81.1 Å². The zero-order valence-corrected chi connectivity index (χ0v) is 9.01. The van der Waals surface area contributed by atoms with Crippen LogP contribution in [-0.4, -0.2) is 24.8 Å². The SMILES string of the molecule is CCCCC(=O)OC.CCCCO. The van der Waals surface area contributed by atoms with Gasteiger partial charge in [-0.3, -0.25) is 4.79 Å². The summed E-state index contributed by atoms with van der Waals surface area (Å²) < 4.78 is 4.41. The van der Waals surface area contributed by atoms with E-state index in [-0.39, 0.29) is 5.97 Å². The van der Waals surface area contributed by atoms with Gasteiger partial charge in [-0.25, -0.2) is 0 Å². The number of carbonyl (C=O) groups is 1. The normalized spacial score (nSPS) is 8.62. The van der Waals surface area contributed by atoms with E-state index in [4.69, 9.17) is 5.11 Å². The van der Waals surface area contributed by atoms with Gasteiger partial charge < -0.3 is 9.84 Å². The van der Waals surface area contributed by atoms with Gasteiger partial charge >= 0.3 is 5.97 Å². The molecule has 13 heavy (non-hydrogen) atoms. The van der Waals surface area contributed by atoms with Crippen molar-refractivity contribution in [3.05, 3.63) is 0 Å². The molecule has 0 saturated heterocycles. The molecule has 0 bridgehead atoms. The van der Waals surface area contributed by atoms with Crippen LogP contribution >= 0.6 is 0 Å². The second-order valence-corrected chi connectivity index (χ2v) is 2.76. The van der Waals surface area contributed by atoms with Gasteiger partial charge in [-0.05, 0) is 12.8 Å². The van der Waals surface area contributed by atoms with Crippen LogP contribution in [0.25, 0.3) is 0 Å². The van der Waals surface area contributed by atoms with Gasteiger partial charge in [0.25, 0.3) is 0 Å². The molecule has 0 rings (SSSR count). The van der Waals surface area contributed by atoms with Gasteiger partial charge in [0.2, 0.25) is 0 Å². The second-order valence-electron chi connectivity index (χ2n) is 2.76. The monoisotopic (exact) mass is 190 g/mol. The molecular weight excluding hydrogens is 168 g/mol. The smallest absolute Gasteiger partial charge is 0.305 e. The highest BCUT2D eigenvalue weighted by molar-refractivity contribution is 5.68. The lowest BCUT2D eigenvalue weighted by atomic mass is 10.3. The van der Waals surface area contributed by atoms with E-state index in [9.17, 15) is 4.79 Å². The minimum atomic E-state index is -0.105. The van der Waals surface area contributed by atoms with Crippen molar-refractivity contribution >= 4 is 5.97 Å². The van der Waals surface area contributed by atoms with E-state index >= 15 is 0 Å². The van der Waals surface area contributed by atoms with Crippen LogP contribution in [0.5, 0.6) is 0 Å². The van der Waals surface area contributed by atoms with Gasteiger partial charge in [0.1, 0.15) is 0 Å². The molecule has 1 N–H and O–H groups in total. The van der Waals surface area contributed by atoms with E-state index in [1.807, 2.05) is 6.92 Å². The average Bonchev–Trinajstić information content (AvgIpc) is 2.16. The Hall–Kier alpha value is -0.570. The van der Waals surface area contributed by atoms with E-state index < -0.39 is 0 Å². The highest BCUT2D eigenvalue weighted by Gasteiger charge is 1.95. The first-order chi connectivity index (χ1) is 6.22. The summed E-state index contributed by atoms with van der Waals surface area (Å²) in [6.45, 7) is 4.44. The van der Waals surface area contributed by atoms with Crippen LogP contribution in [0.4, 0.5) is 0 Å². The average molecular weight is 190 g/mol. The molecule has 0 aromatic heterocycles. The summed E-state index contributed by atoms with van der Waals surface area (Å²) >= 11 is 0. The van der Waals surface area contributed by atoms with Crippen LogP contribution in [0.1, 0.15) is 46.0 Å². The molecule has 0 saturated carbocycles. The fourth-order valence-corrected chi connectivity index (χ4v) is 0.581. The maximum Gasteiger partial charge on any atom is 0.305 e. The lowest BCUT2D eigenvalue weighted by Gasteiger charge is -1.93. The van der Waals surface area contributed by atoms with Gasteiger partial charge in [0.05, 0.1) is 7.11 Å². The van der Waals surface area contributed by atoms with E-state index in [1.54, 1.807) is 0 Å². The largest absolute Gasteiger partial charge is 0.469 e. The van der Waals surface area contributed by atoms with Crippen molar-refractivity contribution in [1.82, 2.24) is 0 Å². The molecule has 0 unspecified atom stereocenters. The molecule has 0 aromatic rings. The molecule has 3 nitrogen and oxygen atoms in total. The number of ether oxygens (including phenoxy) is 1. The molecule has 0 aromatic carbocycles. The van der Waals surface area contributed by atoms with Crippen molar-refractivity contribution < 1.29 is 14.6 Å². The molecule has 0 heterocycles. The fraction of sp³-hybridized carbons (Fsp3) is 0.900. The Morgan fingerprint density at radius 2 is 1.77 bits per heavy atom. The van der Waals surface area contributed by atoms with Crippen molar-refractivity contribution in [1.29, 1.82) is 0 Å². The van der Waals surface area contributed by atoms with Gasteiger partial charge in [-0.2, -0.15) is 0 Å². The standard InChI is InChI=1S/C6H12O2.C4H10O/c1-3-4-5-6(7)8-2;1-2-3-4-5/h3-5H2,1-2H3;5H,2-4H2,1H3. The third kappa shape index (κ3) is 18.4. The quantitative estimate of drug-likeness (QED) is 0.675. The summed E-state index contributed by atoms with van der Waals surface area (Å²) in [5.74, 6) is -0.105. The van der Waals surface area contributed by atoms with Gasteiger partial charge in [-0.15, -0.1) is 0 Å². The van der Waals surface area contributed by atoms with E-state index in [1.165, 1.54) is 7.11 Å². The summed E-state index contributed by atoms with van der Waals surface area (Å²) in [5.41, 5.74) is 0. The summed E-state index contributed by atoms with van der Waals surface area (Å²) in [6.07, 6.45) is 4.59. The van der Waals surface area contributed by atoms with Gasteiger partial charge in [0.15, 0.2) is 0 Å². The highest BCUT2D eigenvalue weighted by atomic mass is 16.5. The van der Waals surface area contributed by atoms with Crippen molar-refractivity contribution in [2.45, 2.75) is 46.0 Å². The Morgan fingerprint density at radius 1 is 1.23 bits per heavy atom. The number of rotatable bonds is 5. The lowest BCUT2D eigenvalue weighted by Crippen LogP contribution is -1.98. The lowest BCUT2D eigenvalue weighted by molar-refractivity contribution is -0.140. The zero-order valence-electron chi connectivity index (χ0n) is 9.01. The molecular formula is C10H22O3. The van der Waals surface area contributed by atoms with Crippen LogP contribution in [0.15, 0.2) is 0 Å². The minimum absolute atomic E-state index is 0.105. The first-order valence-corrected chi connectivity index (χ1v) is 4.90. The number of hydrogen-bond donors (Lipinski definition) is 1. The van der Waals surface area contributed by atoms with Crippen molar-refractivity contribution in [3.8, 4) is 0 Å². The molecule has 0 amide bonds. The van der Waals surface area contributed by atoms with Crippen molar-refractivity contribution in [2.75, 3.05) is 13.7 Å². The first-order valence-electron chi connectivity index (χ1n) is 4.90. The topological polar surface area (TPSA) is 46.5 Å². The first kappa shape index (κ1) is 14.9. The molecule has 0 atom stereocenters. The second kappa shape index (κ2) is 14.0. The van der Waals surface area contributed by atoms with Crippen molar-refractivity contribution in [2.24, 2.45) is 0 Å². The Balaban J connectivity index is 0. The molecule has 0 spiro atoms. The Kier molecular flexibility index (Phi) is 16.1. The van der Waals surface area contributed by atoms with Crippen LogP contribution < -0.4 is 0 Å².